The number of hydrogen-bond donors (Lipinski definition) is 0. The third-order valence-electron chi connectivity index (χ3n) is 2.02. The van der Waals surface area contributed by atoms with Crippen LogP contribution in [0.4, 0.5) is 5.13 Å². The van der Waals surface area contributed by atoms with Crippen LogP contribution in [0.25, 0.3) is 0 Å². The number of nitrogens with zero attached hydrogens (tertiary/aromatic N) is 2. The predicted molar refractivity (Wildman–Crippen MR) is 56.0 cm³/mol. The second-order valence-corrected chi connectivity index (χ2v) is 4.60. The number of rotatable bonds is 1. The summed E-state index contributed by atoms with van der Waals surface area (Å²) in [6, 6.07) is 0. The summed E-state index contributed by atoms with van der Waals surface area (Å²) >= 11 is 4.79. The number of piperidine rings is 1. The Morgan fingerprint density at radius 2 is 2.38 bits per heavy atom. The van der Waals surface area contributed by atoms with E-state index in [4.69, 9.17) is 0 Å². The molecular formula is C8H9BrN2OS. The molecule has 70 valence electrons. The first-order valence-corrected chi connectivity index (χ1v) is 5.86. The third kappa shape index (κ3) is 1.91. The van der Waals surface area contributed by atoms with Crippen LogP contribution in [-0.4, -0.2) is 17.4 Å². The topological polar surface area (TPSA) is 33.2 Å². The molecule has 2 heterocycles. The first-order chi connectivity index (χ1) is 6.27. The fraction of sp³-hybridized carbons (Fsp3) is 0.500. The standard InChI is InChI=1S/C8H9BrN2OS/c9-6-5-13-8(10-6)11-4-2-1-3-7(11)12/h5H,1-4H2. The minimum atomic E-state index is 0.202. The first kappa shape index (κ1) is 9.15. The summed E-state index contributed by atoms with van der Waals surface area (Å²) in [5, 5.41) is 2.72. The molecule has 2 rings (SSSR count). The molecule has 1 amide bonds. The van der Waals surface area contributed by atoms with Crippen LogP contribution in [-0.2, 0) is 4.79 Å². The zero-order chi connectivity index (χ0) is 9.26. The zero-order valence-corrected chi connectivity index (χ0v) is 9.40. The number of anilines is 1. The molecule has 1 saturated heterocycles. The van der Waals surface area contributed by atoms with Gasteiger partial charge in [-0.05, 0) is 28.8 Å². The van der Waals surface area contributed by atoms with Gasteiger partial charge in [-0.3, -0.25) is 9.69 Å². The lowest BCUT2D eigenvalue weighted by molar-refractivity contribution is -0.119. The van der Waals surface area contributed by atoms with Crippen LogP contribution in [0.1, 0.15) is 19.3 Å². The monoisotopic (exact) mass is 260 g/mol. The molecule has 0 unspecified atom stereocenters. The highest BCUT2D eigenvalue weighted by Crippen LogP contribution is 2.26. The molecule has 0 spiro atoms. The highest BCUT2D eigenvalue weighted by molar-refractivity contribution is 9.10. The molecule has 0 N–H and O–H groups in total. The Morgan fingerprint density at radius 3 is 3.00 bits per heavy atom. The molecule has 1 fully saturated rings. The fourth-order valence-electron chi connectivity index (χ4n) is 1.38. The van der Waals surface area contributed by atoms with Crippen LogP contribution < -0.4 is 4.90 Å². The highest BCUT2D eigenvalue weighted by Gasteiger charge is 2.21. The summed E-state index contributed by atoms with van der Waals surface area (Å²) < 4.78 is 0.811. The summed E-state index contributed by atoms with van der Waals surface area (Å²) in [6.07, 6.45) is 2.77. The quantitative estimate of drug-likeness (QED) is 0.777. The molecule has 0 atom stereocenters. The van der Waals surface area contributed by atoms with E-state index in [-0.39, 0.29) is 5.91 Å². The van der Waals surface area contributed by atoms with Crippen molar-refractivity contribution in [2.75, 3.05) is 11.4 Å². The lowest BCUT2D eigenvalue weighted by atomic mass is 10.1. The maximum atomic E-state index is 11.5. The maximum absolute atomic E-state index is 11.5. The Hall–Kier alpha value is -0.420. The highest BCUT2D eigenvalue weighted by atomic mass is 79.9. The molecule has 0 saturated carbocycles. The van der Waals surface area contributed by atoms with Gasteiger partial charge in [0.1, 0.15) is 4.60 Å². The molecule has 3 nitrogen and oxygen atoms in total. The lowest BCUT2D eigenvalue weighted by Crippen LogP contribution is -2.35. The Kier molecular flexibility index (Phi) is 2.64. The van der Waals surface area contributed by atoms with Gasteiger partial charge in [0, 0.05) is 18.3 Å². The van der Waals surface area contributed by atoms with Crippen molar-refractivity contribution < 1.29 is 4.79 Å². The van der Waals surface area contributed by atoms with Gasteiger partial charge in [-0.15, -0.1) is 11.3 Å². The number of amides is 1. The van der Waals surface area contributed by atoms with Crippen LogP contribution >= 0.6 is 27.3 Å². The smallest absolute Gasteiger partial charge is 0.228 e. The summed E-state index contributed by atoms with van der Waals surface area (Å²) in [7, 11) is 0. The van der Waals surface area contributed by atoms with E-state index >= 15 is 0 Å². The number of carbonyl (C=O) groups excluding carboxylic acids is 1. The van der Waals surface area contributed by atoms with E-state index in [9.17, 15) is 4.79 Å². The van der Waals surface area contributed by atoms with Crippen LogP contribution in [0, 0.1) is 0 Å². The van der Waals surface area contributed by atoms with Crippen molar-refractivity contribution in [3.8, 4) is 0 Å². The average molecular weight is 261 g/mol. The molecule has 1 aliphatic rings. The molecule has 1 aliphatic heterocycles. The van der Waals surface area contributed by atoms with Crippen molar-refractivity contribution in [3.05, 3.63) is 9.98 Å². The summed E-state index contributed by atoms with van der Waals surface area (Å²) in [4.78, 5) is 17.5. The number of halogens is 1. The van der Waals surface area contributed by atoms with Gasteiger partial charge >= 0.3 is 0 Å². The SMILES string of the molecule is O=C1CCCCN1c1nc(Br)cs1. The van der Waals surface area contributed by atoms with Crippen molar-refractivity contribution in [1.29, 1.82) is 0 Å². The van der Waals surface area contributed by atoms with Gasteiger partial charge in [-0.25, -0.2) is 4.98 Å². The van der Waals surface area contributed by atoms with E-state index in [1.165, 1.54) is 11.3 Å². The Labute approximate surface area is 88.9 Å². The van der Waals surface area contributed by atoms with Crippen LogP contribution in [0.15, 0.2) is 9.98 Å². The van der Waals surface area contributed by atoms with Gasteiger partial charge in [0.25, 0.3) is 0 Å². The van der Waals surface area contributed by atoms with E-state index in [0.29, 0.717) is 6.42 Å². The molecule has 0 bridgehead atoms. The number of hydrogen-bond acceptors (Lipinski definition) is 3. The summed E-state index contributed by atoms with van der Waals surface area (Å²) in [6.45, 7) is 0.818. The van der Waals surface area contributed by atoms with Crippen molar-refractivity contribution in [2.45, 2.75) is 19.3 Å². The van der Waals surface area contributed by atoms with Gasteiger partial charge in [0.2, 0.25) is 5.91 Å². The van der Waals surface area contributed by atoms with Crippen molar-refractivity contribution in [3.63, 3.8) is 0 Å². The Balaban J connectivity index is 2.19. The minimum absolute atomic E-state index is 0.202. The molecule has 0 radical (unpaired) electrons. The van der Waals surface area contributed by atoms with E-state index in [0.717, 1.165) is 29.1 Å². The number of thiazole rings is 1. The second-order valence-electron chi connectivity index (χ2n) is 2.96. The number of aromatic nitrogens is 1. The van der Waals surface area contributed by atoms with E-state index < -0.39 is 0 Å². The lowest BCUT2D eigenvalue weighted by Gasteiger charge is -2.23. The maximum Gasteiger partial charge on any atom is 0.228 e. The van der Waals surface area contributed by atoms with E-state index in [1.54, 1.807) is 4.90 Å². The van der Waals surface area contributed by atoms with Gasteiger partial charge < -0.3 is 0 Å². The molecule has 1 aromatic rings. The normalized spacial score (nSPS) is 17.9. The molecule has 13 heavy (non-hydrogen) atoms. The first-order valence-electron chi connectivity index (χ1n) is 4.19. The largest absolute Gasteiger partial charge is 0.288 e. The van der Waals surface area contributed by atoms with Crippen LogP contribution in [0.3, 0.4) is 0 Å². The summed E-state index contributed by atoms with van der Waals surface area (Å²) in [5.74, 6) is 0.202. The zero-order valence-electron chi connectivity index (χ0n) is 6.99. The molecule has 1 aromatic heterocycles. The van der Waals surface area contributed by atoms with Crippen molar-refractivity contribution >= 4 is 38.3 Å². The van der Waals surface area contributed by atoms with Gasteiger partial charge in [-0.1, -0.05) is 0 Å². The van der Waals surface area contributed by atoms with Gasteiger partial charge in [-0.2, -0.15) is 0 Å². The van der Waals surface area contributed by atoms with Gasteiger partial charge in [0.05, 0.1) is 0 Å². The van der Waals surface area contributed by atoms with Crippen molar-refractivity contribution in [1.82, 2.24) is 4.98 Å². The average Bonchev–Trinajstić information content (AvgIpc) is 2.53. The Bertz CT molecular complexity index is 326. The molecule has 0 aliphatic carbocycles. The third-order valence-corrected chi connectivity index (χ3v) is 3.59. The van der Waals surface area contributed by atoms with Gasteiger partial charge in [0.15, 0.2) is 5.13 Å². The van der Waals surface area contributed by atoms with E-state index in [2.05, 4.69) is 20.9 Å². The molecule has 5 heteroatoms. The predicted octanol–water partition coefficient (Wildman–Crippen LogP) is 2.42. The molecule has 0 aromatic carbocycles. The summed E-state index contributed by atoms with van der Waals surface area (Å²) in [5.41, 5.74) is 0. The van der Waals surface area contributed by atoms with E-state index in [1.807, 2.05) is 5.38 Å². The molecular weight excluding hydrogens is 252 g/mol. The van der Waals surface area contributed by atoms with Crippen LogP contribution in [0.2, 0.25) is 0 Å². The Morgan fingerprint density at radius 1 is 1.54 bits per heavy atom. The van der Waals surface area contributed by atoms with Crippen LogP contribution in [0.5, 0.6) is 0 Å². The minimum Gasteiger partial charge on any atom is -0.288 e. The second kappa shape index (κ2) is 3.75. The fourth-order valence-corrected chi connectivity index (χ4v) is 2.67. The number of carbonyl (C=O) groups is 1. The van der Waals surface area contributed by atoms with Crippen molar-refractivity contribution in [2.24, 2.45) is 0 Å².